The molecule has 0 saturated heterocycles. The van der Waals surface area contributed by atoms with Crippen molar-refractivity contribution in [3.05, 3.63) is 10.6 Å². The third-order valence-electron chi connectivity index (χ3n) is 2.11. The molecule has 0 aliphatic rings. The topological polar surface area (TPSA) is 0 Å². The van der Waals surface area contributed by atoms with Gasteiger partial charge < -0.3 is 0 Å². The van der Waals surface area contributed by atoms with E-state index in [1.807, 2.05) is 0 Å². The van der Waals surface area contributed by atoms with Crippen molar-refractivity contribution in [2.45, 2.75) is 31.5 Å². The normalized spacial score (nSPS) is 15.6. The van der Waals surface area contributed by atoms with Crippen LogP contribution in [0.25, 0.3) is 0 Å². The molecule has 0 nitrogen and oxygen atoms in total. The molecule has 0 spiro atoms. The molecule has 0 aliphatic carbocycles. The Bertz CT molecular complexity index is 191. The summed E-state index contributed by atoms with van der Waals surface area (Å²) in [7, 11) is 0. The fraction of sp³-hybridized carbons (Fsp3) is 0.800. The van der Waals surface area contributed by atoms with E-state index in [-0.39, 0.29) is 0 Å². The molecule has 84 valence electrons. The van der Waals surface area contributed by atoms with Gasteiger partial charge in [-0.1, -0.05) is 57.3 Å². The maximum atomic E-state index is 6.00. The highest BCUT2D eigenvalue weighted by Crippen LogP contribution is 2.24. The van der Waals surface area contributed by atoms with Gasteiger partial charge in [-0.15, -0.1) is 11.6 Å². The predicted molar refractivity (Wildman–Crippen MR) is 74.2 cm³/mol. The molecule has 0 aromatic rings. The van der Waals surface area contributed by atoms with Crippen LogP contribution in [0.4, 0.5) is 0 Å². The van der Waals surface area contributed by atoms with E-state index in [2.05, 4.69) is 45.7 Å². The monoisotopic (exact) mass is 364 g/mol. The SMILES string of the molecule is CC(C)[C@H](Br)CC/C(CBr)=C(\Cl)CCl. The van der Waals surface area contributed by atoms with Gasteiger partial charge in [0.1, 0.15) is 0 Å². The van der Waals surface area contributed by atoms with Gasteiger partial charge >= 0.3 is 0 Å². The smallest absolute Gasteiger partial charge is 0.0581 e. The third-order valence-corrected chi connectivity index (χ3v) is 5.10. The van der Waals surface area contributed by atoms with Gasteiger partial charge in [-0.2, -0.15) is 0 Å². The van der Waals surface area contributed by atoms with Gasteiger partial charge in [0.15, 0.2) is 0 Å². The van der Waals surface area contributed by atoms with Crippen LogP contribution in [0.15, 0.2) is 10.6 Å². The first kappa shape index (κ1) is 15.3. The number of halogens is 4. The van der Waals surface area contributed by atoms with Crippen LogP contribution >= 0.6 is 55.1 Å². The number of hydrogen-bond donors (Lipinski definition) is 0. The van der Waals surface area contributed by atoms with E-state index in [9.17, 15) is 0 Å². The Morgan fingerprint density at radius 1 is 1.36 bits per heavy atom. The Kier molecular flexibility index (Phi) is 9.21. The Labute approximate surface area is 114 Å². The summed E-state index contributed by atoms with van der Waals surface area (Å²) < 4.78 is 0. The molecule has 0 radical (unpaired) electrons. The van der Waals surface area contributed by atoms with Crippen LogP contribution in [-0.2, 0) is 0 Å². The molecule has 0 aliphatic heterocycles. The lowest BCUT2D eigenvalue weighted by atomic mass is 10.0. The molecule has 0 bridgehead atoms. The van der Waals surface area contributed by atoms with Crippen molar-refractivity contribution < 1.29 is 0 Å². The predicted octanol–water partition coefficient (Wildman–Crippen LogP) is 5.31. The van der Waals surface area contributed by atoms with E-state index in [0.717, 1.165) is 23.2 Å². The zero-order valence-electron chi connectivity index (χ0n) is 8.49. The summed E-state index contributed by atoms with van der Waals surface area (Å²) in [6, 6.07) is 0. The van der Waals surface area contributed by atoms with Crippen molar-refractivity contribution in [1.82, 2.24) is 0 Å². The van der Waals surface area contributed by atoms with Crippen LogP contribution in [0.5, 0.6) is 0 Å². The van der Waals surface area contributed by atoms with E-state index in [1.54, 1.807) is 0 Å². The molecule has 0 amide bonds. The molecule has 1 atom stereocenters. The quantitative estimate of drug-likeness (QED) is 0.558. The van der Waals surface area contributed by atoms with Gasteiger partial charge in [-0.05, 0) is 24.3 Å². The third kappa shape index (κ3) is 5.99. The molecular weight excluding hydrogens is 351 g/mol. The van der Waals surface area contributed by atoms with Crippen LogP contribution in [-0.4, -0.2) is 16.0 Å². The average molecular weight is 367 g/mol. The average Bonchev–Trinajstić information content (AvgIpc) is 2.17. The van der Waals surface area contributed by atoms with Gasteiger partial charge in [0.05, 0.1) is 5.88 Å². The van der Waals surface area contributed by atoms with Crippen molar-refractivity contribution in [3.63, 3.8) is 0 Å². The molecular formula is C10H16Br2Cl2. The summed E-state index contributed by atoms with van der Waals surface area (Å²) in [6.45, 7) is 4.42. The van der Waals surface area contributed by atoms with Gasteiger partial charge in [-0.25, -0.2) is 0 Å². The van der Waals surface area contributed by atoms with Crippen molar-refractivity contribution in [1.29, 1.82) is 0 Å². The summed E-state index contributed by atoms with van der Waals surface area (Å²) >= 11 is 18.8. The van der Waals surface area contributed by atoms with Gasteiger partial charge in [0.25, 0.3) is 0 Å². The molecule has 4 heteroatoms. The lowest BCUT2D eigenvalue weighted by molar-refractivity contribution is 0.580. The van der Waals surface area contributed by atoms with Crippen LogP contribution in [0.1, 0.15) is 26.7 Å². The maximum absolute atomic E-state index is 6.00. The first-order chi connectivity index (χ1) is 6.52. The second-order valence-corrected chi connectivity index (χ2v) is 6.03. The van der Waals surface area contributed by atoms with Crippen LogP contribution in [0.3, 0.4) is 0 Å². The van der Waals surface area contributed by atoms with Gasteiger partial charge in [0, 0.05) is 15.2 Å². The molecule has 0 fully saturated rings. The Hall–Kier alpha value is 1.28. The summed E-state index contributed by atoms with van der Waals surface area (Å²) in [5.41, 5.74) is 1.21. The number of hydrogen-bond acceptors (Lipinski definition) is 0. The fourth-order valence-corrected chi connectivity index (χ4v) is 2.37. The highest BCUT2D eigenvalue weighted by Gasteiger charge is 2.11. The number of allylic oxidation sites excluding steroid dienone is 2. The Morgan fingerprint density at radius 2 is 1.93 bits per heavy atom. The van der Waals surface area contributed by atoms with Crippen molar-refractivity contribution in [3.8, 4) is 0 Å². The van der Waals surface area contributed by atoms with Crippen molar-refractivity contribution in [2.75, 3.05) is 11.2 Å². The van der Waals surface area contributed by atoms with Gasteiger partial charge in [-0.3, -0.25) is 0 Å². The molecule has 0 unspecified atom stereocenters. The van der Waals surface area contributed by atoms with Gasteiger partial charge in [0.2, 0.25) is 0 Å². The van der Waals surface area contributed by atoms with E-state index >= 15 is 0 Å². The lowest BCUT2D eigenvalue weighted by Gasteiger charge is -2.14. The Balaban J connectivity index is 4.09. The molecule has 0 N–H and O–H groups in total. The maximum Gasteiger partial charge on any atom is 0.0581 e. The number of rotatable bonds is 6. The van der Waals surface area contributed by atoms with E-state index in [4.69, 9.17) is 23.2 Å². The highest BCUT2D eigenvalue weighted by molar-refractivity contribution is 9.09. The second kappa shape index (κ2) is 8.43. The summed E-state index contributed by atoms with van der Waals surface area (Å²) in [4.78, 5) is 0.552. The van der Waals surface area contributed by atoms with Crippen LogP contribution < -0.4 is 0 Å². The summed E-state index contributed by atoms with van der Waals surface area (Å²) in [6.07, 6.45) is 2.11. The van der Waals surface area contributed by atoms with Crippen LogP contribution in [0, 0.1) is 5.92 Å². The zero-order chi connectivity index (χ0) is 11.1. The lowest BCUT2D eigenvalue weighted by Crippen LogP contribution is -2.07. The zero-order valence-corrected chi connectivity index (χ0v) is 13.2. The molecule has 14 heavy (non-hydrogen) atoms. The molecule has 0 rings (SSSR count). The summed E-state index contributed by atoms with van der Waals surface area (Å²) in [5.74, 6) is 1.07. The Morgan fingerprint density at radius 3 is 2.29 bits per heavy atom. The first-order valence-electron chi connectivity index (χ1n) is 4.65. The highest BCUT2D eigenvalue weighted by atomic mass is 79.9. The van der Waals surface area contributed by atoms with Crippen molar-refractivity contribution >= 4 is 55.1 Å². The molecule has 0 heterocycles. The standard InChI is InChI=1S/C10H16Br2Cl2/c1-7(2)9(12)4-3-8(5-11)10(14)6-13/h7,9H,3-6H2,1-2H3/b10-8+/t9-/m1/s1. The van der Waals surface area contributed by atoms with E-state index < -0.39 is 0 Å². The number of alkyl halides is 3. The minimum Gasteiger partial charge on any atom is -0.121 e. The molecule has 0 saturated carbocycles. The van der Waals surface area contributed by atoms with Crippen LogP contribution in [0.2, 0.25) is 0 Å². The first-order valence-corrected chi connectivity index (χ1v) is 7.60. The minimum atomic E-state index is 0.414. The van der Waals surface area contributed by atoms with Crippen molar-refractivity contribution in [2.24, 2.45) is 5.92 Å². The largest absolute Gasteiger partial charge is 0.121 e. The fourth-order valence-electron chi connectivity index (χ4n) is 1.01. The summed E-state index contributed by atoms with van der Waals surface area (Å²) in [5, 5.41) is 1.60. The molecule has 0 aromatic heterocycles. The van der Waals surface area contributed by atoms with E-state index in [0.29, 0.717) is 16.6 Å². The molecule has 0 aromatic carbocycles. The minimum absolute atomic E-state index is 0.414. The second-order valence-electron chi connectivity index (χ2n) is 3.57. The van der Waals surface area contributed by atoms with E-state index in [1.165, 1.54) is 5.57 Å².